The van der Waals surface area contributed by atoms with Crippen LogP contribution in [0.1, 0.15) is 24.4 Å². The molecule has 2 unspecified atom stereocenters. The van der Waals surface area contributed by atoms with Crippen molar-refractivity contribution in [3.05, 3.63) is 35.6 Å². The van der Waals surface area contributed by atoms with Gasteiger partial charge in [0.25, 0.3) is 0 Å². The van der Waals surface area contributed by atoms with Gasteiger partial charge in [0.2, 0.25) is 5.91 Å². The van der Waals surface area contributed by atoms with E-state index in [0.29, 0.717) is 5.56 Å². The Balaban J connectivity index is 2.30. The zero-order valence-electron chi connectivity index (χ0n) is 8.95. The number of nitrogens with two attached hydrogens (primary N) is 1. The molecule has 3 N–H and O–H groups in total. The summed E-state index contributed by atoms with van der Waals surface area (Å²) in [7, 11) is 0. The van der Waals surface area contributed by atoms with Crippen LogP contribution in [-0.4, -0.2) is 12.5 Å². The minimum absolute atomic E-state index is 0.284. The predicted octanol–water partition coefficient (Wildman–Crippen LogP) is 1.35. The van der Waals surface area contributed by atoms with Gasteiger partial charge in [-0.2, -0.15) is 0 Å². The molecular weight excluding hydrogens is 207 g/mol. The molecule has 1 fully saturated rings. The van der Waals surface area contributed by atoms with E-state index in [0.717, 1.165) is 19.4 Å². The van der Waals surface area contributed by atoms with Crippen LogP contribution in [0, 0.1) is 11.7 Å². The van der Waals surface area contributed by atoms with E-state index < -0.39 is 0 Å². The second-order valence-electron chi connectivity index (χ2n) is 4.10. The number of nitrogens with one attached hydrogen (secondary N) is 1. The average molecular weight is 222 g/mol. The van der Waals surface area contributed by atoms with E-state index in [1.807, 2.05) is 0 Å². The summed E-state index contributed by atoms with van der Waals surface area (Å²) in [6, 6.07) is 6.23. The van der Waals surface area contributed by atoms with Crippen LogP contribution in [0.2, 0.25) is 0 Å². The average Bonchev–Trinajstić information content (AvgIpc) is 2.29. The normalized spacial score (nSPS) is 25.3. The van der Waals surface area contributed by atoms with Crippen molar-refractivity contribution in [1.82, 2.24) is 5.32 Å². The quantitative estimate of drug-likeness (QED) is 0.793. The van der Waals surface area contributed by atoms with Gasteiger partial charge in [-0.05, 0) is 25.5 Å². The molecule has 2 atom stereocenters. The zero-order valence-corrected chi connectivity index (χ0v) is 8.95. The molecule has 1 heterocycles. The highest BCUT2D eigenvalue weighted by Gasteiger charge is 2.31. The van der Waals surface area contributed by atoms with Crippen LogP contribution in [0.25, 0.3) is 0 Å². The van der Waals surface area contributed by atoms with Crippen molar-refractivity contribution in [1.29, 1.82) is 0 Å². The number of carbonyl (C=O) groups is 1. The SMILES string of the molecule is NC(=O)C1CCCNC1c1ccccc1F. The fraction of sp³-hybridized carbons (Fsp3) is 0.417. The Hall–Kier alpha value is -1.42. The molecule has 1 aromatic carbocycles. The minimum atomic E-state index is -0.361. The molecule has 1 aliphatic rings. The van der Waals surface area contributed by atoms with E-state index in [-0.39, 0.29) is 23.7 Å². The number of carbonyl (C=O) groups excluding carboxylic acids is 1. The third-order valence-electron chi connectivity index (χ3n) is 3.06. The number of hydrogen-bond donors (Lipinski definition) is 2. The summed E-state index contributed by atoms with van der Waals surface area (Å²) in [6.07, 6.45) is 1.62. The van der Waals surface area contributed by atoms with E-state index in [4.69, 9.17) is 5.73 Å². The van der Waals surface area contributed by atoms with Gasteiger partial charge >= 0.3 is 0 Å². The Kier molecular flexibility index (Phi) is 3.19. The highest BCUT2D eigenvalue weighted by atomic mass is 19.1. The van der Waals surface area contributed by atoms with Crippen molar-refractivity contribution in [3.63, 3.8) is 0 Å². The number of rotatable bonds is 2. The molecule has 0 spiro atoms. The number of benzene rings is 1. The lowest BCUT2D eigenvalue weighted by Crippen LogP contribution is -2.41. The van der Waals surface area contributed by atoms with E-state index in [1.54, 1.807) is 18.2 Å². The molecule has 0 radical (unpaired) electrons. The molecule has 86 valence electrons. The van der Waals surface area contributed by atoms with Gasteiger partial charge < -0.3 is 11.1 Å². The van der Waals surface area contributed by atoms with Gasteiger partial charge in [0, 0.05) is 11.6 Å². The van der Waals surface area contributed by atoms with Crippen LogP contribution in [-0.2, 0) is 4.79 Å². The standard InChI is InChI=1S/C12H15FN2O/c13-10-6-2-1-4-8(10)11-9(12(14)16)5-3-7-15-11/h1-2,4,6,9,11,15H,3,5,7H2,(H2,14,16). The first kappa shape index (κ1) is 11.1. The van der Waals surface area contributed by atoms with Crippen molar-refractivity contribution in [2.75, 3.05) is 6.54 Å². The molecule has 1 aliphatic heterocycles. The van der Waals surface area contributed by atoms with Crippen molar-refractivity contribution < 1.29 is 9.18 Å². The number of amides is 1. The fourth-order valence-electron chi connectivity index (χ4n) is 2.25. The molecular formula is C12H15FN2O. The number of piperidine rings is 1. The number of primary amides is 1. The second kappa shape index (κ2) is 4.61. The second-order valence-corrected chi connectivity index (χ2v) is 4.10. The van der Waals surface area contributed by atoms with Crippen LogP contribution >= 0.6 is 0 Å². The highest BCUT2D eigenvalue weighted by Crippen LogP contribution is 2.30. The van der Waals surface area contributed by atoms with Crippen LogP contribution in [0.3, 0.4) is 0 Å². The van der Waals surface area contributed by atoms with Gasteiger partial charge in [0.1, 0.15) is 5.82 Å². The minimum Gasteiger partial charge on any atom is -0.369 e. The van der Waals surface area contributed by atoms with Gasteiger partial charge in [-0.3, -0.25) is 4.79 Å². The third kappa shape index (κ3) is 2.07. The summed E-state index contributed by atoms with van der Waals surface area (Å²) in [5.41, 5.74) is 5.88. The molecule has 0 aliphatic carbocycles. The molecule has 0 saturated carbocycles. The molecule has 2 rings (SSSR count). The molecule has 0 aromatic heterocycles. The monoisotopic (exact) mass is 222 g/mol. The van der Waals surface area contributed by atoms with Gasteiger partial charge in [-0.25, -0.2) is 4.39 Å². The summed E-state index contributed by atoms with van der Waals surface area (Å²) in [5.74, 6) is -0.959. The summed E-state index contributed by atoms with van der Waals surface area (Å²) < 4.78 is 13.6. The maximum absolute atomic E-state index is 13.6. The first-order valence-electron chi connectivity index (χ1n) is 5.47. The van der Waals surface area contributed by atoms with Crippen molar-refractivity contribution in [3.8, 4) is 0 Å². The Morgan fingerprint density at radius 3 is 2.88 bits per heavy atom. The smallest absolute Gasteiger partial charge is 0.222 e. The van der Waals surface area contributed by atoms with Crippen molar-refractivity contribution in [2.24, 2.45) is 11.7 Å². The molecule has 1 aromatic rings. The lowest BCUT2D eigenvalue weighted by atomic mass is 9.85. The first-order valence-corrected chi connectivity index (χ1v) is 5.47. The number of hydrogen-bond acceptors (Lipinski definition) is 2. The van der Waals surface area contributed by atoms with Gasteiger partial charge in [-0.15, -0.1) is 0 Å². The Morgan fingerprint density at radius 1 is 1.44 bits per heavy atom. The van der Waals surface area contributed by atoms with Crippen molar-refractivity contribution in [2.45, 2.75) is 18.9 Å². The van der Waals surface area contributed by atoms with Gasteiger partial charge in [0.05, 0.1) is 5.92 Å². The lowest BCUT2D eigenvalue weighted by molar-refractivity contribution is -0.123. The largest absolute Gasteiger partial charge is 0.369 e. The Labute approximate surface area is 93.8 Å². The van der Waals surface area contributed by atoms with Crippen LogP contribution < -0.4 is 11.1 Å². The van der Waals surface area contributed by atoms with Gasteiger partial charge in [-0.1, -0.05) is 18.2 Å². The first-order chi connectivity index (χ1) is 7.70. The zero-order chi connectivity index (χ0) is 11.5. The number of halogens is 1. The molecule has 16 heavy (non-hydrogen) atoms. The maximum Gasteiger partial charge on any atom is 0.222 e. The van der Waals surface area contributed by atoms with E-state index in [2.05, 4.69) is 5.32 Å². The van der Waals surface area contributed by atoms with Crippen LogP contribution in [0.15, 0.2) is 24.3 Å². The van der Waals surface area contributed by atoms with Gasteiger partial charge in [0.15, 0.2) is 0 Å². The lowest BCUT2D eigenvalue weighted by Gasteiger charge is -2.31. The van der Waals surface area contributed by atoms with E-state index >= 15 is 0 Å². The summed E-state index contributed by atoms with van der Waals surface area (Å²) in [6.45, 7) is 0.794. The Bertz CT molecular complexity index is 394. The molecule has 3 nitrogen and oxygen atoms in total. The third-order valence-corrected chi connectivity index (χ3v) is 3.06. The maximum atomic E-state index is 13.6. The topological polar surface area (TPSA) is 55.1 Å². The van der Waals surface area contributed by atoms with E-state index in [9.17, 15) is 9.18 Å². The van der Waals surface area contributed by atoms with Crippen LogP contribution in [0.5, 0.6) is 0 Å². The summed E-state index contributed by atoms with van der Waals surface area (Å²) >= 11 is 0. The highest BCUT2D eigenvalue weighted by molar-refractivity contribution is 5.77. The van der Waals surface area contributed by atoms with E-state index in [1.165, 1.54) is 6.07 Å². The predicted molar refractivity (Wildman–Crippen MR) is 59.1 cm³/mol. The molecule has 4 heteroatoms. The summed E-state index contributed by atoms with van der Waals surface area (Å²) in [4.78, 5) is 11.3. The molecule has 1 saturated heterocycles. The van der Waals surface area contributed by atoms with Crippen LogP contribution in [0.4, 0.5) is 4.39 Å². The van der Waals surface area contributed by atoms with Crippen molar-refractivity contribution >= 4 is 5.91 Å². The Morgan fingerprint density at radius 2 is 2.19 bits per heavy atom. The fourth-order valence-corrected chi connectivity index (χ4v) is 2.25. The molecule has 0 bridgehead atoms. The molecule has 1 amide bonds. The summed E-state index contributed by atoms with van der Waals surface area (Å²) in [5, 5.41) is 3.17.